The van der Waals surface area contributed by atoms with E-state index in [2.05, 4.69) is 5.32 Å². The quantitative estimate of drug-likeness (QED) is 0.752. The first-order chi connectivity index (χ1) is 7.27. The van der Waals surface area contributed by atoms with Crippen LogP contribution in [0, 0.1) is 5.82 Å². The molecule has 0 unspecified atom stereocenters. The fraction of sp³-hybridized carbons (Fsp3) is 0.333. The first kappa shape index (κ1) is 11.7. The summed E-state index contributed by atoms with van der Waals surface area (Å²) < 4.78 is 17.9. The van der Waals surface area contributed by atoms with Gasteiger partial charge in [0.15, 0.2) is 0 Å². The Balaban J connectivity index is 2.71. The van der Waals surface area contributed by atoms with Crippen molar-refractivity contribution < 1.29 is 9.13 Å². The van der Waals surface area contributed by atoms with Crippen LogP contribution in [0.3, 0.4) is 0 Å². The highest BCUT2D eigenvalue weighted by molar-refractivity contribution is 5.57. The molecule has 0 aliphatic carbocycles. The Kier molecular flexibility index (Phi) is 4.84. The fourth-order valence-corrected chi connectivity index (χ4v) is 1.26. The van der Waals surface area contributed by atoms with Crippen molar-refractivity contribution in [2.75, 3.05) is 20.7 Å². The van der Waals surface area contributed by atoms with Crippen LogP contribution < -0.4 is 10.1 Å². The highest BCUT2D eigenvalue weighted by atomic mass is 19.1. The van der Waals surface area contributed by atoms with Gasteiger partial charge >= 0.3 is 0 Å². The number of halogens is 1. The monoisotopic (exact) mass is 209 g/mol. The second-order valence-electron chi connectivity index (χ2n) is 3.18. The number of hydrogen-bond acceptors (Lipinski definition) is 2. The van der Waals surface area contributed by atoms with Crippen LogP contribution in [0.4, 0.5) is 4.39 Å². The van der Waals surface area contributed by atoms with E-state index in [9.17, 15) is 4.39 Å². The molecule has 15 heavy (non-hydrogen) atoms. The maximum Gasteiger partial charge on any atom is 0.128 e. The van der Waals surface area contributed by atoms with Gasteiger partial charge in [0.05, 0.1) is 7.11 Å². The van der Waals surface area contributed by atoms with Crippen molar-refractivity contribution in [2.24, 2.45) is 0 Å². The largest absolute Gasteiger partial charge is 0.496 e. The molecule has 82 valence electrons. The zero-order valence-electron chi connectivity index (χ0n) is 9.09. The van der Waals surface area contributed by atoms with Gasteiger partial charge in [-0.1, -0.05) is 12.2 Å². The van der Waals surface area contributed by atoms with Crippen molar-refractivity contribution in [3.63, 3.8) is 0 Å². The van der Waals surface area contributed by atoms with Crippen molar-refractivity contribution >= 4 is 6.08 Å². The molecule has 0 amide bonds. The summed E-state index contributed by atoms with van der Waals surface area (Å²) in [6.45, 7) is 0.931. The lowest BCUT2D eigenvalue weighted by molar-refractivity contribution is 0.410. The third kappa shape index (κ3) is 3.72. The SMILES string of the molecule is CNCCC=Cc1ccc(F)cc1OC. The van der Waals surface area contributed by atoms with E-state index >= 15 is 0 Å². The minimum atomic E-state index is -0.278. The van der Waals surface area contributed by atoms with E-state index in [-0.39, 0.29) is 5.82 Å². The molecule has 0 radical (unpaired) electrons. The average molecular weight is 209 g/mol. The molecule has 0 aromatic heterocycles. The van der Waals surface area contributed by atoms with Crippen LogP contribution in [-0.4, -0.2) is 20.7 Å². The van der Waals surface area contributed by atoms with Crippen LogP contribution in [-0.2, 0) is 0 Å². The summed E-state index contributed by atoms with van der Waals surface area (Å²) in [7, 11) is 3.45. The maximum absolute atomic E-state index is 12.9. The predicted molar refractivity (Wildman–Crippen MR) is 60.5 cm³/mol. The standard InChI is InChI=1S/C12H16FNO/c1-14-8-4-3-5-10-6-7-11(13)9-12(10)15-2/h3,5-7,9,14H,4,8H2,1-2H3. The Morgan fingerprint density at radius 1 is 1.47 bits per heavy atom. The van der Waals surface area contributed by atoms with Gasteiger partial charge in [-0.3, -0.25) is 0 Å². The van der Waals surface area contributed by atoms with Gasteiger partial charge in [-0.15, -0.1) is 0 Å². The van der Waals surface area contributed by atoms with Crippen molar-refractivity contribution in [3.05, 3.63) is 35.7 Å². The smallest absolute Gasteiger partial charge is 0.128 e. The second kappa shape index (κ2) is 6.19. The lowest BCUT2D eigenvalue weighted by Gasteiger charge is -2.04. The van der Waals surface area contributed by atoms with Crippen molar-refractivity contribution in [3.8, 4) is 5.75 Å². The summed E-state index contributed by atoms with van der Waals surface area (Å²) in [5.74, 6) is 0.287. The number of hydrogen-bond donors (Lipinski definition) is 1. The van der Waals surface area contributed by atoms with Crippen LogP contribution in [0.5, 0.6) is 5.75 Å². The molecule has 3 heteroatoms. The van der Waals surface area contributed by atoms with Gasteiger partial charge in [0, 0.05) is 11.6 Å². The van der Waals surface area contributed by atoms with E-state index in [1.54, 1.807) is 13.2 Å². The molecule has 1 rings (SSSR count). The summed E-state index contributed by atoms with van der Waals surface area (Å²) >= 11 is 0. The Labute approximate surface area is 89.8 Å². The molecule has 0 aliphatic heterocycles. The number of rotatable bonds is 5. The molecule has 0 atom stereocenters. The van der Waals surface area contributed by atoms with E-state index in [0.29, 0.717) is 5.75 Å². The van der Waals surface area contributed by atoms with E-state index in [0.717, 1.165) is 18.5 Å². The lowest BCUT2D eigenvalue weighted by Crippen LogP contribution is -2.05. The first-order valence-electron chi connectivity index (χ1n) is 4.92. The van der Waals surface area contributed by atoms with Gasteiger partial charge in [-0.2, -0.15) is 0 Å². The molecular formula is C12H16FNO. The molecule has 0 fully saturated rings. The number of ether oxygens (including phenoxy) is 1. The Morgan fingerprint density at radius 2 is 2.27 bits per heavy atom. The molecule has 0 bridgehead atoms. The first-order valence-corrected chi connectivity index (χ1v) is 4.92. The molecule has 1 aromatic carbocycles. The summed E-state index contributed by atoms with van der Waals surface area (Å²) in [5, 5.41) is 3.05. The van der Waals surface area contributed by atoms with E-state index in [1.165, 1.54) is 12.1 Å². The Bertz CT molecular complexity index is 336. The van der Waals surface area contributed by atoms with Crippen LogP contribution >= 0.6 is 0 Å². The minimum Gasteiger partial charge on any atom is -0.496 e. The molecule has 0 heterocycles. The summed E-state index contributed by atoms with van der Waals surface area (Å²) in [5.41, 5.74) is 0.898. The maximum atomic E-state index is 12.9. The lowest BCUT2D eigenvalue weighted by atomic mass is 10.1. The predicted octanol–water partition coefficient (Wildman–Crippen LogP) is 2.46. The Hall–Kier alpha value is -1.35. The Morgan fingerprint density at radius 3 is 2.93 bits per heavy atom. The van der Waals surface area contributed by atoms with Crippen LogP contribution in [0.15, 0.2) is 24.3 Å². The average Bonchev–Trinajstić information content (AvgIpc) is 2.26. The van der Waals surface area contributed by atoms with Crippen molar-refractivity contribution in [1.29, 1.82) is 0 Å². The normalized spacial score (nSPS) is 10.9. The molecule has 1 N–H and O–H groups in total. The summed E-state index contributed by atoms with van der Waals surface area (Å²) in [6, 6.07) is 4.53. The summed E-state index contributed by atoms with van der Waals surface area (Å²) in [6.07, 6.45) is 4.92. The topological polar surface area (TPSA) is 21.3 Å². The zero-order chi connectivity index (χ0) is 11.1. The van der Waals surface area contributed by atoms with E-state index in [4.69, 9.17) is 4.74 Å². The van der Waals surface area contributed by atoms with Gasteiger partial charge in [0.1, 0.15) is 11.6 Å². The van der Waals surface area contributed by atoms with Crippen molar-refractivity contribution in [2.45, 2.75) is 6.42 Å². The molecule has 0 saturated heterocycles. The number of nitrogens with one attached hydrogen (secondary N) is 1. The van der Waals surface area contributed by atoms with E-state index in [1.807, 2.05) is 19.2 Å². The van der Waals surface area contributed by atoms with E-state index < -0.39 is 0 Å². The summed E-state index contributed by atoms with van der Waals surface area (Å²) in [4.78, 5) is 0. The van der Waals surface area contributed by atoms with Crippen molar-refractivity contribution in [1.82, 2.24) is 5.32 Å². The van der Waals surface area contributed by atoms with Gasteiger partial charge < -0.3 is 10.1 Å². The van der Waals surface area contributed by atoms with Crippen LogP contribution in [0.25, 0.3) is 6.08 Å². The highest BCUT2D eigenvalue weighted by Crippen LogP contribution is 2.20. The molecular weight excluding hydrogens is 193 g/mol. The van der Waals surface area contributed by atoms with Crippen LogP contribution in [0.2, 0.25) is 0 Å². The minimum absolute atomic E-state index is 0.278. The third-order valence-electron chi connectivity index (χ3n) is 2.05. The van der Waals surface area contributed by atoms with Gasteiger partial charge in [-0.25, -0.2) is 4.39 Å². The molecule has 0 aliphatic rings. The van der Waals surface area contributed by atoms with Gasteiger partial charge in [-0.05, 0) is 32.1 Å². The number of benzene rings is 1. The van der Waals surface area contributed by atoms with Gasteiger partial charge in [0.2, 0.25) is 0 Å². The van der Waals surface area contributed by atoms with Gasteiger partial charge in [0.25, 0.3) is 0 Å². The third-order valence-corrected chi connectivity index (χ3v) is 2.05. The zero-order valence-corrected chi connectivity index (χ0v) is 9.09. The number of methoxy groups -OCH3 is 1. The molecule has 0 spiro atoms. The molecule has 2 nitrogen and oxygen atoms in total. The highest BCUT2D eigenvalue weighted by Gasteiger charge is 2.00. The fourth-order valence-electron chi connectivity index (χ4n) is 1.26. The van der Waals surface area contributed by atoms with Crippen LogP contribution in [0.1, 0.15) is 12.0 Å². The molecule has 0 saturated carbocycles. The molecule has 1 aromatic rings. The second-order valence-corrected chi connectivity index (χ2v) is 3.18.